The van der Waals surface area contributed by atoms with Crippen LogP contribution in [0.1, 0.15) is 44.0 Å². The van der Waals surface area contributed by atoms with Crippen molar-refractivity contribution in [3.8, 4) is 11.8 Å². The third-order valence-corrected chi connectivity index (χ3v) is 2.34. The highest BCUT2D eigenvalue weighted by Crippen LogP contribution is 2.06. The van der Waals surface area contributed by atoms with Crippen LogP contribution < -0.4 is 5.32 Å². The van der Waals surface area contributed by atoms with Gasteiger partial charge in [0.15, 0.2) is 0 Å². The Kier molecular flexibility index (Phi) is 5.57. The van der Waals surface area contributed by atoms with E-state index in [-0.39, 0.29) is 0 Å². The van der Waals surface area contributed by atoms with Crippen LogP contribution in [0.15, 0.2) is 12.3 Å². The molecule has 20 heavy (non-hydrogen) atoms. The van der Waals surface area contributed by atoms with Crippen molar-refractivity contribution in [3.63, 3.8) is 0 Å². The Bertz CT molecular complexity index is 534. The van der Waals surface area contributed by atoms with Gasteiger partial charge in [-0.1, -0.05) is 12.0 Å². The molecule has 0 saturated heterocycles. The lowest BCUT2D eigenvalue weighted by Gasteiger charge is -2.19. The van der Waals surface area contributed by atoms with E-state index in [4.69, 9.17) is 4.74 Å². The molecule has 0 bridgehead atoms. The van der Waals surface area contributed by atoms with Crippen molar-refractivity contribution >= 4 is 6.09 Å². The molecule has 0 aromatic carbocycles. The molecule has 1 rings (SSSR count). The monoisotopic (exact) mass is 274 g/mol. The Labute approximate surface area is 120 Å². The topological polar surface area (TPSA) is 51.2 Å². The SMILES string of the molecule is Cc1cnc(C#CCCNC(=O)OC(C)(C)C)c(C)c1. The maximum absolute atomic E-state index is 11.4. The molecule has 0 saturated carbocycles. The molecule has 0 fully saturated rings. The number of hydrogen-bond acceptors (Lipinski definition) is 3. The molecular formula is C16H22N2O2. The molecule has 0 aliphatic heterocycles. The maximum atomic E-state index is 11.4. The number of carbonyl (C=O) groups excluding carboxylic acids is 1. The zero-order valence-corrected chi connectivity index (χ0v) is 12.8. The quantitative estimate of drug-likeness (QED) is 0.666. The lowest BCUT2D eigenvalue weighted by atomic mass is 10.1. The molecule has 1 aromatic heterocycles. The van der Waals surface area contributed by atoms with Crippen LogP contribution in [0.25, 0.3) is 0 Å². The van der Waals surface area contributed by atoms with Gasteiger partial charge in [-0.25, -0.2) is 9.78 Å². The van der Waals surface area contributed by atoms with E-state index >= 15 is 0 Å². The van der Waals surface area contributed by atoms with Gasteiger partial charge in [-0.05, 0) is 51.7 Å². The van der Waals surface area contributed by atoms with Gasteiger partial charge >= 0.3 is 6.09 Å². The Morgan fingerprint density at radius 3 is 2.70 bits per heavy atom. The van der Waals surface area contributed by atoms with Crippen LogP contribution in [-0.2, 0) is 4.74 Å². The fourth-order valence-corrected chi connectivity index (χ4v) is 1.53. The summed E-state index contributed by atoms with van der Waals surface area (Å²) in [5.74, 6) is 6.01. The van der Waals surface area contributed by atoms with Crippen molar-refractivity contribution in [2.24, 2.45) is 0 Å². The number of nitrogens with one attached hydrogen (secondary N) is 1. The smallest absolute Gasteiger partial charge is 0.407 e. The number of pyridine rings is 1. The van der Waals surface area contributed by atoms with E-state index < -0.39 is 11.7 Å². The minimum Gasteiger partial charge on any atom is -0.444 e. The fourth-order valence-electron chi connectivity index (χ4n) is 1.53. The van der Waals surface area contributed by atoms with Crippen LogP contribution >= 0.6 is 0 Å². The highest BCUT2D eigenvalue weighted by atomic mass is 16.6. The Morgan fingerprint density at radius 1 is 1.40 bits per heavy atom. The van der Waals surface area contributed by atoms with E-state index in [9.17, 15) is 4.79 Å². The number of alkyl carbamates (subject to hydrolysis) is 1. The summed E-state index contributed by atoms with van der Waals surface area (Å²) in [4.78, 5) is 15.7. The van der Waals surface area contributed by atoms with Gasteiger partial charge in [-0.15, -0.1) is 0 Å². The number of aromatic nitrogens is 1. The second-order valence-electron chi connectivity index (χ2n) is 5.66. The van der Waals surface area contributed by atoms with E-state index in [2.05, 4.69) is 28.2 Å². The molecule has 1 heterocycles. The number of rotatable bonds is 2. The molecule has 4 heteroatoms. The fraction of sp³-hybridized carbons (Fsp3) is 0.500. The van der Waals surface area contributed by atoms with Gasteiger partial charge < -0.3 is 10.1 Å². The van der Waals surface area contributed by atoms with E-state index in [1.54, 1.807) is 6.20 Å². The van der Waals surface area contributed by atoms with Crippen LogP contribution in [0, 0.1) is 25.7 Å². The minimum atomic E-state index is -0.474. The first kappa shape index (κ1) is 16.0. The maximum Gasteiger partial charge on any atom is 0.407 e. The van der Waals surface area contributed by atoms with Gasteiger partial charge in [0.1, 0.15) is 11.3 Å². The van der Waals surface area contributed by atoms with Crippen LogP contribution in [-0.4, -0.2) is 23.2 Å². The highest BCUT2D eigenvalue weighted by molar-refractivity contribution is 5.67. The van der Waals surface area contributed by atoms with Gasteiger partial charge in [0.2, 0.25) is 0 Å². The largest absolute Gasteiger partial charge is 0.444 e. The molecule has 1 amide bonds. The van der Waals surface area contributed by atoms with E-state index in [0.717, 1.165) is 16.8 Å². The second kappa shape index (κ2) is 6.95. The highest BCUT2D eigenvalue weighted by Gasteiger charge is 2.15. The van der Waals surface area contributed by atoms with Gasteiger partial charge in [-0.3, -0.25) is 0 Å². The normalized spacial score (nSPS) is 10.4. The summed E-state index contributed by atoms with van der Waals surface area (Å²) in [6, 6.07) is 2.05. The Balaban J connectivity index is 2.38. The van der Waals surface area contributed by atoms with Gasteiger partial charge in [-0.2, -0.15) is 0 Å². The zero-order chi connectivity index (χ0) is 15.2. The van der Waals surface area contributed by atoms with Gasteiger partial charge in [0.25, 0.3) is 0 Å². The predicted molar refractivity (Wildman–Crippen MR) is 79.4 cm³/mol. The summed E-state index contributed by atoms with van der Waals surface area (Å²) >= 11 is 0. The molecular weight excluding hydrogens is 252 g/mol. The van der Waals surface area contributed by atoms with Crippen molar-refractivity contribution in [3.05, 3.63) is 29.1 Å². The van der Waals surface area contributed by atoms with Crippen LogP contribution in [0.2, 0.25) is 0 Å². The summed E-state index contributed by atoms with van der Waals surface area (Å²) in [5.41, 5.74) is 2.50. The van der Waals surface area contributed by atoms with Gasteiger partial charge in [0.05, 0.1) is 0 Å². The molecule has 0 spiro atoms. The summed E-state index contributed by atoms with van der Waals surface area (Å²) in [7, 11) is 0. The first-order valence-electron chi connectivity index (χ1n) is 6.67. The first-order chi connectivity index (χ1) is 9.28. The Morgan fingerprint density at radius 2 is 2.10 bits per heavy atom. The van der Waals surface area contributed by atoms with Crippen LogP contribution in [0.4, 0.5) is 4.79 Å². The number of aryl methyl sites for hydroxylation is 2. The Hall–Kier alpha value is -2.02. The molecule has 108 valence electrons. The lowest BCUT2D eigenvalue weighted by molar-refractivity contribution is 0.0529. The molecule has 0 atom stereocenters. The summed E-state index contributed by atoms with van der Waals surface area (Å²) in [6.45, 7) is 9.95. The average molecular weight is 274 g/mol. The molecule has 0 unspecified atom stereocenters. The number of amides is 1. The standard InChI is InChI=1S/C16H22N2O2/c1-12-10-13(2)14(18-11-12)8-6-7-9-17-15(19)20-16(3,4)5/h10-11H,7,9H2,1-5H3,(H,17,19). The van der Waals surface area contributed by atoms with Crippen molar-refractivity contribution in [2.45, 2.75) is 46.6 Å². The third kappa shape index (κ3) is 6.24. The first-order valence-corrected chi connectivity index (χ1v) is 6.67. The zero-order valence-electron chi connectivity index (χ0n) is 12.8. The third-order valence-electron chi connectivity index (χ3n) is 2.34. The van der Waals surface area contributed by atoms with E-state index in [1.807, 2.05) is 34.6 Å². The molecule has 1 N–H and O–H groups in total. The van der Waals surface area contributed by atoms with E-state index in [0.29, 0.717) is 13.0 Å². The van der Waals surface area contributed by atoms with Gasteiger partial charge in [0, 0.05) is 19.2 Å². The molecule has 0 aliphatic rings. The van der Waals surface area contributed by atoms with Crippen LogP contribution in [0.3, 0.4) is 0 Å². The van der Waals surface area contributed by atoms with E-state index in [1.165, 1.54) is 0 Å². The second-order valence-corrected chi connectivity index (χ2v) is 5.66. The molecule has 1 aromatic rings. The predicted octanol–water partition coefficient (Wildman–Crippen LogP) is 2.96. The molecule has 0 radical (unpaired) electrons. The number of hydrogen-bond donors (Lipinski definition) is 1. The van der Waals surface area contributed by atoms with Crippen molar-refractivity contribution in [2.75, 3.05) is 6.54 Å². The minimum absolute atomic E-state index is 0.413. The number of nitrogens with zero attached hydrogens (tertiary/aromatic N) is 1. The molecule has 0 aliphatic carbocycles. The van der Waals surface area contributed by atoms with Crippen molar-refractivity contribution in [1.29, 1.82) is 0 Å². The van der Waals surface area contributed by atoms with Crippen molar-refractivity contribution in [1.82, 2.24) is 10.3 Å². The van der Waals surface area contributed by atoms with Crippen molar-refractivity contribution < 1.29 is 9.53 Å². The summed E-state index contributed by atoms with van der Waals surface area (Å²) < 4.78 is 5.12. The average Bonchev–Trinajstić information content (AvgIpc) is 2.28. The molecule has 4 nitrogen and oxygen atoms in total. The number of ether oxygens (including phenoxy) is 1. The van der Waals surface area contributed by atoms with Crippen LogP contribution in [0.5, 0.6) is 0 Å². The summed E-state index contributed by atoms with van der Waals surface area (Å²) in [6.07, 6.45) is 1.95. The summed E-state index contributed by atoms with van der Waals surface area (Å²) in [5, 5.41) is 2.67. The lowest BCUT2D eigenvalue weighted by Crippen LogP contribution is -2.32. The number of carbonyl (C=O) groups is 1.